The standard InChI is InChI=1S/C24H26N6O3/c1-15-19-11-22(32)30(13-17-7-4-3-5-8-17)24(19)26-23(25-15)18-9-6-10-29(14-18)21(31)12-20-16(2)27-33-28-20/h3-5,7-8,18H,6,9-14H2,1-2H3. The Kier molecular flexibility index (Phi) is 5.62. The highest BCUT2D eigenvalue weighted by atomic mass is 16.6. The molecule has 4 heterocycles. The summed E-state index contributed by atoms with van der Waals surface area (Å²) in [5.41, 5.74) is 4.01. The maximum Gasteiger partial charge on any atom is 0.233 e. The van der Waals surface area contributed by atoms with Crippen LogP contribution in [0.1, 0.15) is 52.8 Å². The van der Waals surface area contributed by atoms with Crippen molar-refractivity contribution >= 4 is 17.6 Å². The number of likely N-dealkylation sites (tertiary alicyclic amines) is 1. The zero-order valence-corrected chi connectivity index (χ0v) is 18.8. The van der Waals surface area contributed by atoms with Gasteiger partial charge < -0.3 is 4.90 Å². The molecule has 0 bridgehead atoms. The number of carbonyl (C=O) groups excluding carboxylic acids is 2. The van der Waals surface area contributed by atoms with Crippen molar-refractivity contribution in [3.05, 3.63) is 64.4 Å². The zero-order chi connectivity index (χ0) is 22.9. The molecule has 2 aliphatic heterocycles. The Morgan fingerprint density at radius 1 is 1.12 bits per heavy atom. The number of anilines is 1. The number of carbonyl (C=O) groups is 2. The van der Waals surface area contributed by atoms with Gasteiger partial charge in [0, 0.05) is 30.3 Å². The molecule has 3 aromatic rings. The molecule has 2 aromatic heterocycles. The summed E-state index contributed by atoms with van der Waals surface area (Å²) >= 11 is 0. The molecule has 1 aromatic carbocycles. The number of amides is 2. The summed E-state index contributed by atoms with van der Waals surface area (Å²) in [5.74, 6) is 1.48. The van der Waals surface area contributed by atoms with Gasteiger partial charge in [-0.2, -0.15) is 0 Å². The van der Waals surface area contributed by atoms with E-state index in [0.717, 1.165) is 29.7 Å². The summed E-state index contributed by atoms with van der Waals surface area (Å²) in [6.45, 7) is 5.45. The minimum atomic E-state index is -0.00253. The van der Waals surface area contributed by atoms with Gasteiger partial charge >= 0.3 is 0 Å². The van der Waals surface area contributed by atoms with Crippen LogP contribution in [0, 0.1) is 13.8 Å². The molecule has 2 amide bonds. The largest absolute Gasteiger partial charge is 0.342 e. The first-order valence-corrected chi connectivity index (χ1v) is 11.3. The maximum absolute atomic E-state index is 12.9. The van der Waals surface area contributed by atoms with Crippen LogP contribution in [0.3, 0.4) is 0 Å². The van der Waals surface area contributed by atoms with Crippen LogP contribution in [0.15, 0.2) is 35.0 Å². The molecule has 0 aliphatic carbocycles. The van der Waals surface area contributed by atoms with E-state index in [4.69, 9.17) is 14.6 Å². The minimum absolute atomic E-state index is 0.00253. The van der Waals surface area contributed by atoms with Crippen LogP contribution in [0.25, 0.3) is 0 Å². The molecule has 33 heavy (non-hydrogen) atoms. The summed E-state index contributed by atoms with van der Waals surface area (Å²) < 4.78 is 4.72. The summed E-state index contributed by atoms with van der Waals surface area (Å²) in [5, 5.41) is 7.59. The second kappa shape index (κ2) is 8.73. The molecule has 9 heteroatoms. The van der Waals surface area contributed by atoms with Crippen molar-refractivity contribution in [2.24, 2.45) is 0 Å². The summed E-state index contributed by atoms with van der Waals surface area (Å²) in [7, 11) is 0. The molecule has 1 atom stereocenters. The van der Waals surface area contributed by atoms with E-state index in [9.17, 15) is 9.59 Å². The molecule has 5 rings (SSSR count). The van der Waals surface area contributed by atoms with Gasteiger partial charge in [0.15, 0.2) is 0 Å². The normalized spacial score (nSPS) is 18.0. The highest BCUT2D eigenvalue weighted by Crippen LogP contribution is 2.33. The number of aryl methyl sites for hydroxylation is 2. The topological polar surface area (TPSA) is 105 Å². The molecular weight excluding hydrogens is 420 g/mol. The number of fused-ring (bicyclic) bond motifs is 1. The fourth-order valence-corrected chi connectivity index (χ4v) is 4.59. The highest BCUT2D eigenvalue weighted by molar-refractivity contribution is 6.00. The van der Waals surface area contributed by atoms with Gasteiger partial charge in [-0.15, -0.1) is 0 Å². The molecular formula is C24H26N6O3. The Labute approximate surface area is 191 Å². The molecule has 0 spiro atoms. The van der Waals surface area contributed by atoms with Gasteiger partial charge in [0.2, 0.25) is 11.8 Å². The second-order valence-electron chi connectivity index (χ2n) is 8.76. The van der Waals surface area contributed by atoms with Crippen molar-refractivity contribution in [3.63, 3.8) is 0 Å². The number of piperidine rings is 1. The van der Waals surface area contributed by atoms with Gasteiger partial charge in [-0.1, -0.05) is 40.6 Å². The molecule has 0 radical (unpaired) electrons. The number of hydrogen-bond acceptors (Lipinski definition) is 7. The lowest BCUT2D eigenvalue weighted by Gasteiger charge is -2.32. The van der Waals surface area contributed by atoms with Crippen LogP contribution in [-0.4, -0.2) is 50.1 Å². The predicted octanol–water partition coefficient (Wildman–Crippen LogP) is 2.51. The van der Waals surface area contributed by atoms with E-state index in [0.29, 0.717) is 49.1 Å². The van der Waals surface area contributed by atoms with E-state index in [1.807, 2.05) is 42.2 Å². The predicted molar refractivity (Wildman–Crippen MR) is 119 cm³/mol. The first-order chi connectivity index (χ1) is 16.0. The third-order valence-corrected chi connectivity index (χ3v) is 6.48. The Bertz CT molecular complexity index is 1190. The molecule has 1 fully saturated rings. The first kappa shape index (κ1) is 21.2. The maximum atomic E-state index is 12.9. The first-order valence-electron chi connectivity index (χ1n) is 11.3. The van der Waals surface area contributed by atoms with Gasteiger partial charge in [0.25, 0.3) is 0 Å². The van der Waals surface area contributed by atoms with Gasteiger partial charge in [-0.05, 0) is 32.3 Å². The Morgan fingerprint density at radius 2 is 1.94 bits per heavy atom. The summed E-state index contributed by atoms with van der Waals surface area (Å²) in [4.78, 5) is 38.9. The third-order valence-electron chi connectivity index (χ3n) is 6.48. The van der Waals surface area contributed by atoms with Gasteiger partial charge in [0.05, 0.1) is 19.4 Å². The van der Waals surface area contributed by atoms with Crippen molar-refractivity contribution in [2.75, 3.05) is 18.0 Å². The van der Waals surface area contributed by atoms with E-state index >= 15 is 0 Å². The Balaban J connectivity index is 1.36. The van der Waals surface area contributed by atoms with E-state index in [1.165, 1.54) is 0 Å². The highest BCUT2D eigenvalue weighted by Gasteiger charge is 2.34. The third kappa shape index (κ3) is 4.22. The lowest BCUT2D eigenvalue weighted by molar-refractivity contribution is -0.131. The van der Waals surface area contributed by atoms with Crippen molar-refractivity contribution in [2.45, 2.75) is 52.0 Å². The quantitative estimate of drug-likeness (QED) is 0.593. The van der Waals surface area contributed by atoms with E-state index < -0.39 is 0 Å². The SMILES string of the molecule is Cc1nonc1CC(=O)N1CCCC(c2nc(C)c3c(n2)N(Cc2ccccc2)C(=O)C3)C1. The molecule has 170 valence electrons. The number of hydrogen-bond donors (Lipinski definition) is 0. The average Bonchev–Trinajstić information content (AvgIpc) is 3.37. The minimum Gasteiger partial charge on any atom is -0.342 e. The van der Waals surface area contributed by atoms with Gasteiger partial charge in [-0.25, -0.2) is 14.6 Å². The van der Waals surface area contributed by atoms with E-state index in [-0.39, 0.29) is 24.2 Å². The van der Waals surface area contributed by atoms with Crippen LogP contribution in [0.5, 0.6) is 0 Å². The van der Waals surface area contributed by atoms with Gasteiger partial charge in [0.1, 0.15) is 23.0 Å². The molecule has 1 unspecified atom stereocenters. The smallest absolute Gasteiger partial charge is 0.233 e. The second-order valence-corrected chi connectivity index (χ2v) is 8.76. The lowest BCUT2D eigenvalue weighted by atomic mass is 9.96. The summed E-state index contributed by atoms with van der Waals surface area (Å²) in [6.07, 6.45) is 2.28. The van der Waals surface area contributed by atoms with Crippen LogP contribution in [0.2, 0.25) is 0 Å². The average molecular weight is 447 g/mol. The fourth-order valence-electron chi connectivity index (χ4n) is 4.59. The molecule has 9 nitrogen and oxygen atoms in total. The lowest BCUT2D eigenvalue weighted by Crippen LogP contribution is -2.40. The Morgan fingerprint density at radius 3 is 2.70 bits per heavy atom. The van der Waals surface area contributed by atoms with Gasteiger partial charge in [-0.3, -0.25) is 14.5 Å². The number of nitrogens with zero attached hydrogens (tertiary/aromatic N) is 6. The monoisotopic (exact) mass is 446 g/mol. The fraction of sp³-hybridized carbons (Fsp3) is 0.417. The summed E-state index contributed by atoms with van der Waals surface area (Å²) in [6, 6.07) is 9.92. The molecule has 2 aliphatic rings. The van der Waals surface area contributed by atoms with Crippen LogP contribution < -0.4 is 4.90 Å². The van der Waals surface area contributed by atoms with Crippen molar-refractivity contribution in [3.8, 4) is 0 Å². The Hall–Kier alpha value is -3.62. The molecule has 0 saturated carbocycles. The van der Waals surface area contributed by atoms with E-state index in [2.05, 4.69) is 10.3 Å². The zero-order valence-electron chi connectivity index (χ0n) is 18.8. The molecule has 0 N–H and O–H groups in total. The number of aromatic nitrogens is 4. The van der Waals surface area contributed by atoms with E-state index in [1.54, 1.807) is 11.8 Å². The van der Waals surface area contributed by atoms with Crippen molar-refractivity contribution in [1.82, 2.24) is 25.2 Å². The van der Waals surface area contributed by atoms with Crippen LogP contribution >= 0.6 is 0 Å². The number of benzene rings is 1. The van der Waals surface area contributed by atoms with Crippen molar-refractivity contribution in [1.29, 1.82) is 0 Å². The van der Waals surface area contributed by atoms with Crippen LogP contribution in [0.4, 0.5) is 5.82 Å². The molecule has 1 saturated heterocycles. The van der Waals surface area contributed by atoms with Crippen molar-refractivity contribution < 1.29 is 14.2 Å². The van der Waals surface area contributed by atoms with Crippen LogP contribution in [-0.2, 0) is 29.0 Å². The number of rotatable bonds is 5.